The van der Waals surface area contributed by atoms with Crippen LogP contribution in [0, 0.1) is 5.92 Å². The third-order valence-corrected chi connectivity index (χ3v) is 7.10. The third-order valence-electron chi connectivity index (χ3n) is 5.05. The Balaban J connectivity index is 1.44. The highest BCUT2D eigenvalue weighted by molar-refractivity contribution is 7.90. The van der Waals surface area contributed by atoms with Crippen LogP contribution in [0.4, 0.5) is 5.82 Å². The van der Waals surface area contributed by atoms with Crippen molar-refractivity contribution in [2.75, 3.05) is 11.9 Å². The van der Waals surface area contributed by atoms with Crippen LogP contribution in [-0.2, 0) is 10.0 Å². The lowest BCUT2D eigenvalue weighted by molar-refractivity contribution is 0.336. The number of nitrogens with zero attached hydrogens (tertiary/aromatic N) is 2. The molecule has 1 saturated carbocycles. The summed E-state index contributed by atoms with van der Waals surface area (Å²) in [5, 5.41) is 11.9. The van der Waals surface area contributed by atoms with E-state index in [-0.39, 0.29) is 0 Å². The van der Waals surface area contributed by atoms with Gasteiger partial charge >= 0.3 is 0 Å². The second kappa shape index (κ2) is 9.73. The minimum absolute atomic E-state index is 0.307. The van der Waals surface area contributed by atoms with Gasteiger partial charge in [0, 0.05) is 23.7 Å². The van der Waals surface area contributed by atoms with Crippen LogP contribution in [0.5, 0.6) is 11.6 Å². The highest BCUT2D eigenvalue weighted by atomic mass is 35.5. The molecule has 1 aromatic carbocycles. The second-order valence-corrected chi connectivity index (χ2v) is 10.4. The molecule has 0 unspecified atom stereocenters. The Morgan fingerprint density at radius 3 is 2.52 bits per heavy atom. The van der Waals surface area contributed by atoms with Crippen LogP contribution in [0.3, 0.4) is 0 Å². The molecule has 29 heavy (non-hydrogen) atoms. The minimum Gasteiger partial charge on any atom is -0.437 e. The standard InChI is InChI=1S/C20H27ClN4O3S/c1-14(2)29(26,27)22-13-15-6-8-17(9-7-15)23-19-10-11-20(25-24-19)28-18-5-3-4-16(21)12-18/h3-5,10-12,14-15,17,22H,6-9,13H2,1-2H3,(H,23,24). The van der Waals surface area contributed by atoms with Crippen LogP contribution in [0.2, 0.25) is 5.02 Å². The third kappa shape index (κ3) is 6.55. The maximum absolute atomic E-state index is 11.9. The lowest BCUT2D eigenvalue weighted by Crippen LogP contribution is -2.37. The lowest BCUT2D eigenvalue weighted by atomic mass is 9.86. The molecule has 9 heteroatoms. The average molecular weight is 439 g/mol. The van der Waals surface area contributed by atoms with Crippen molar-refractivity contribution in [3.05, 3.63) is 41.4 Å². The van der Waals surface area contributed by atoms with Crippen molar-refractivity contribution >= 4 is 27.4 Å². The Morgan fingerprint density at radius 2 is 1.90 bits per heavy atom. The van der Waals surface area contributed by atoms with E-state index in [1.165, 1.54) is 0 Å². The quantitative estimate of drug-likeness (QED) is 0.640. The first kappa shape index (κ1) is 21.8. The summed E-state index contributed by atoms with van der Waals surface area (Å²) in [6.07, 6.45) is 3.89. The van der Waals surface area contributed by atoms with E-state index in [0.717, 1.165) is 25.7 Å². The van der Waals surface area contributed by atoms with Gasteiger partial charge in [-0.15, -0.1) is 10.2 Å². The summed E-state index contributed by atoms with van der Waals surface area (Å²) in [6, 6.07) is 11.0. The number of hydrogen-bond donors (Lipinski definition) is 2. The Kier molecular flexibility index (Phi) is 7.32. The van der Waals surface area contributed by atoms with Gasteiger partial charge < -0.3 is 10.1 Å². The van der Waals surface area contributed by atoms with E-state index in [2.05, 4.69) is 20.2 Å². The highest BCUT2D eigenvalue weighted by Gasteiger charge is 2.24. The van der Waals surface area contributed by atoms with Crippen LogP contribution in [0.25, 0.3) is 0 Å². The number of sulfonamides is 1. The molecule has 7 nitrogen and oxygen atoms in total. The number of ether oxygens (including phenoxy) is 1. The first-order valence-corrected chi connectivity index (χ1v) is 11.8. The van der Waals surface area contributed by atoms with Crippen molar-refractivity contribution < 1.29 is 13.2 Å². The summed E-state index contributed by atoms with van der Waals surface area (Å²) >= 11 is 5.95. The number of nitrogens with one attached hydrogen (secondary N) is 2. The molecule has 0 atom stereocenters. The van der Waals surface area contributed by atoms with E-state index in [4.69, 9.17) is 16.3 Å². The van der Waals surface area contributed by atoms with Crippen molar-refractivity contribution in [1.82, 2.24) is 14.9 Å². The van der Waals surface area contributed by atoms with Gasteiger partial charge in [-0.25, -0.2) is 13.1 Å². The molecule has 1 aliphatic carbocycles. The monoisotopic (exact) mass is 438 g/mol. The molecule has 158 valence electrons. The van der Waals surface area contributed by atoms with Gasteiger partial charge in [-0.05, 0) is 69.7 Å². The lowest BCUT2D eigenvalue weighted by Gasteiger charge is -2.29. The molecule has 1 fully saturated rings. The Morgan fingerprint density at radius 1 is 1.14 bits per heavy atom. The van der Waals surface area contributed by atoms with Gasteiger partial charge in [-0.1, -0.05) is 17.7 Å². The van der Waals surface area contributed by atoms with Gasteiger partial charge in [0.15, 0.2) is 0 Å². The zero-order valence-electron chi connectivity index (χ0n) is 16.6. The molecule has 2 aromatic rings. The van der Waals surface area contributed by atoms with Gasteiger partial charge in [-0.2, -0.15) is 0 Å². The van der Waals surface area contributed by atoms with Crippen molar-refractivity contribution in [2.45, 2.75) is 50.8 Å². The van der Waals surface area contributed by atoms with Gasteiger partial charge in [0.2, 0.25) is 15.9 Å². The molecule has 0 saturated heterocycles. The molecule has 0 bridgehead atoms. The maximum atomic E-state index is 11.9. The molecule has 1 aromatic heterocycles. The Labute approximate surface area is 177 Å². The molecule has 0 spiro atoms. The normalized spacial score (nSPS) is 19.9. The summed E-state index contributed by atoms with van der Waals surface area (Å²) in [5.41, 5.74) is 0. The minimum atomic E-state index is -3.19. The molecule has 0 aliphatic heterocycles. The molecule has 2 N–H and O–H groups in total. The van der Waals surface area contributed by atoms with Crippen LogP contribution >= 0.6 is 11.6 Å². The fourth-order valence-electron chi connectivity index (χ4n) is 3.22. The number of anilines is 1. The van der Waals surface area contributed by atoms with E-state index >= 15 is 0 Å². The van der Waals surface area contributed by atoms with Gasteiger partial charge in [0.25, 0.3) is 0 Å². The Hall–Kier alpha value is -1.90. The predicted octanol–water partition coefficient (Wildman–Crippen LogP) is 4.22. The van der Waals surface area contributed by atoms with Crippen LogP contribution < -0.4 is 14.8 Å². The van der Waals surface area contributed by atoms with E-state index in [9.17, 15) is 8.42 Å². The summed E-state index contributed by atoms with van der Waals surface area (Å²) < 4.78 is 32.1. The van der Waals surface area contributed by atoms with E-state index in [1.807, 2.05) is 12.1 Å². The molecule has 1 aliphatic rings. The number of aromatic nitrogens is 2. The number of benzene rings is 1. The summed E-state index contributed by atoms with van der Waals surface area (Å²) in [7, 11) is -3.19. The maximum Gasteiger partial charge on any atom is 0.238 e. The molecule has 1 heterocycles. The molecular weight excluding hydrogens is 412 g/mol. The summed E-state index contributed by atoms with van der Waals surface area (Å²) in [5.74, 6) is 2.09. The van der Waals surface area contributed by atoms with Crippen molar-refractivity contribution in [1.29, 1.82) is 0 Å². The largest absolute Gasteiger partial charge is 0.437 e. The first-order valence-electron chi connectivity index (χ1n) is 9.84. The van der Waals surface area contributed by atoms with E-state index in [0.29, 0.717) is 41.0 Å². The van der Waals surface area contributed by atoms with Crippen molar-refractivity contribution in [3.8, 4) is 11.6 Å². The summed E-state index contributed by atoms with van der Waals surface area (Å²) in [4.78, 5) is 0. The van der Waals surface area contributed by atoms with Crippen molar-refractivity contribution in [3.63, 3.8) is 0 Å². The SMILES string of the molecule is CC(C)S(=O)(=O)NCC1CCC(Nc2ccc(Oc3cccc(Cl)c3)nn2)CC1. The molecular formula is C20H27ClN4O3S. The summed E-state index contributed by atoms with van der Waals surface area (Å²) in [6.45, 7) is 3.90. The topological polar surface area (TPSA) is 93.2 Å². The second-order valence-electron chi connectivity index (χ2n) is 7.62. The molecule has 0 amide bonds. The number of halogens is 1. The van der Waals surface area contributed by atoms with Crippen LogP contribution in [-0.4, -0.2) is 36.5 Å². The van der Waals surface area contributed by atoms with Crippen LogP contribution in [0.1, 0.15) is 39.5 Å². The highest BCUT2D eigenvalue weighted by Crippen LogP contribution is 2.27. The molecule has 0 radical (unpaired) electrons. The van der Waals surface area contributed by atoms with E-state index in [1.54, 1.807) is 38.1 Å². The molecule has 3 rings (SSSR count). The van der Waals surface area contributed by atoms with Crippen molar-refractivity contribution in [2.24, 2.45) is 5.92 Å². The fourth-order valence-corrected chi connectivity index (χ4v) is 4.21. The zero-order chi connectivity index (χ0) is 20.9. The van der Waals surface area contributed by atoms with Gasteiger partial charge in [0.05, 0.1) is 5.25 Å². The fraction of sp³-hybridized carbons (Fsp3) is 0.500. The first-order chi connectivity index (χ1) is 13.8. The van der Waals surface area contributed by atoms with E-state index < -0.39 is 15.3 Å². The van der Waals surface area contributed by atoms with Gasteiger partial charge in [0.1, 0.15) is 11.6 Å². The zero-order valence-corrected chi connectivity index (χ0v) is 18.2. The average Bonchev–Trinajstić information content (AvgIpc) is 2.69. The number of hydrogen-bond acceptors (Lipinski definition) is 6. The van der Waals surface area contributed by atoms with Gasteiger partial charge in [-0.3, -0.25) is 0 Å². The van der Waals surface area contributed by atoms with Crippen LogP contribution in [0.15, 0.2) is 36.4 Å². The smallest absolute Gasteiger partial charge is 0.238 e. The number of rotatable bonds is 8. The Bertz CT molecular complexity index is 898. The predicted molar refractivity (Wildman–Crippen MR) is 115 cm³/mol.